The number of nitrogens with zero attached hydrogens (tertiary/aromatic N) is 2. The van der Waals surface area contributed by atoms with E-state index in [0.29, 0.717) is 25.3 Å². The highest BCUT2D eigenvalue weighted by atomic mass is 19.1. The van der Waals surface area contributed by atoms with Crippen LogP contribution in [-0.4, -0.2) is 35.5 Å². The van der Waals surface area contributed by atoms with E-state index in [1.165, 1.54) is 23.0 Å². The molecule has 20 heavy (non-hydrogen) atoms. The zero-order valence-corrected chi connectivity index (χ0v) is 11.1. The van der Waals surface area contributed by atoms with Crippen molar-refractivity contribution in [3.8, 4) is 0 Å². The highest BCUT2D eigenvalue weighted by Crippen LogP contribution is 2.22. The molecule has 5 nitrogen and oxygen atoms in total. The van der Waals surface area contributed by atoms with Gasteiger partial charge in [-0.3, -0.25) is 9.36 Å². The molecule has 0 unspecified atom stereocenters. The summed E-state index contributed by atoms with van der Waals surface area (Å²) in [5.41, 5.74) is -0.0357. The van der Waals surface area contributed by atoms with Crippen LogP contribution in [0, 0.1) is 5.82 Å². The van der Waals surface area contributed by atoms with Crippen LogP contribution < -0.4 is 5.56 Å². The monoisotopic (exact) mass is 278 g/mol. The first-order valence-corrected chi connectivity index (χ1v) is 6.57. The molecular formula is C14H15FN2O3. The molecule has 1 aliphatic heterocycles. The topological polar surface area (TPSA) is 53.4 Å². The third-order valence-electron chi connectivity index (χ3n) is 3.50. The molecule has 1 fully saturated rings. The van der Waals surface area contributed by atoms with Gasteiger partial charge in [-0.15, -0.1) is 0 Å². The number of halogens is 1. The van der Waals surface area contributed by atoms with E-state index in [1.54, 1.807) is 6.07 Å². The maximum atomic E-state index is 13.8. The molecule has 0 aliphatic carbocycles. The summed E-state index contributed by atoms with van der Waals surface area (Å²) in [5.74, 6) is -0.554. The average molecular weight is 278 g/mol. The normalized spacial score (nSPS) is 22.5. The second-order valence-corrected chi connectivity index (χ2v) is 4.69. The molecule has 0 N–H and O–H groups in total. The summed E-state index contributed by atoms with van der Waals surface area (Å²) in [6, 6.07) is 4.16. The molecule has 2 heterocycles. The van der Waals surface area contributed by atoms with Crippen LogP contribution in [0.15, 0.2) is 29.3 Å². The van der Waals surface area contributed by atoms with Gasteiger partial charge in [-0.25, -0.2) is 9.37 Å². The van der Waals surface area contributed by atoms with Crippen LogP contribution in [0.2, 0.25) is 0 Å². The lowest BCUT2D eigenvalue weighted by Crippen LogP contribution is -2.33. The SMILES string of the molecule is CCO[C@H]1COC[C@@H]1n1cnc2cccc(F)c2c1=O. The first kappa shape index (κ1) is 13.2. The smallest absolute Gasteiger partial charge is 0.264 e. The van der Waals surface area contributed by atoms with Crippen molar-refractivity contribution in [1.29, 1.82) is 0 Å². The second kappa shape index (κ2) is 5.30. The number of rotatable bonds is 3. The van der Waals surface area contributed by atoms with Crippen molar-refractivity contribution in [1.82, 2.24) is 9.55 Å². The lowest BCUT2D eigenvalue weighted by atomic mass is 10.2. The van der Waals surface area contributed by atoms with E-state index in [2.05, 4.69) is 4.98 Å². The molecule has 0 amide bonds. The van der Waals surface area contributed by atoms with Gasteiger partial charge < -0.3 is 9.47 Å². The lowest BCUT2D eigenvalue weighted by molar-refractivity contribution is 0.0356. The molecule has 1 aromatic carbocycles. The lowest BCUT2D eigenvalue weighted by Gasteiger charge is -2.19. The fraction of sp³-hybridized carbons (Fsp3) is 0.429. The summed E-state index contributed by atoms with van der Waals surface area (Å²) in [4.78, 5) is 16.6. The Labute approximate surface area is 115 Å². The highest BCUT2D eigenvalue weighted by molar-refractivity contribution is 5.77. The standard InChI is InChI=1S/C14H15FN2O3/c1-2-20-12-7-19-6-11(12)17-8-16-10-5-3-4-9(15)13(10)14(17)18/h3-5,8,11-12H,2,6-7H2,1H3/t11-,12-/m0/s1. The molecular weight excluding hydrogens is 263 g/mol. The minimum absolute atomic E-state index is 0.0112. The Balaban J connectivity index is 2.11. The van der Waals surface area contributed by atoms with Crippen molar-refractivity contribution in [3.05, 3.63) is 40.7 Å². The van der Waals surface area contributed by atoms with Crippen LogP contribution in [0.25, 0.3) is 10.9 Å². The van der Waals surface area contributed by atoms with E-state index in [1.807, 2.05) is 6.92 Å². The maximum Gasteiger partial charge on any atom is 0.264 e. The Morgan fingerprint density at radius 2 is 2.35 bits per heavy atom. The van der Waals surface area contributed by atoms with Crippen molar-refractivity contribution in [3.63, 3.8) is 0 Å². The van der Waals surface area contributed by atoms with Gasteiger partial charge in [0.1, 0.15) is 17.3 Å². The Bertz CT molecular complexity index is 686. The zero-order valence-electron chi connectivity index (χ0n) is 11.1. The van der Waals surface area contributed by atoms with Gasteiger partial charge in [0.2, 0.25) is 0 Å². The molecule has 6 heteroatoms. The summed E-state index contributed by atoms with van der Waals surface area (Å²) < 4.78 is 26.2. The fourth-order valence-electron chi connectivity index (χ4n) is 2.53. The van der Waals surface area contributed by atoms with Crippen molar-refractivity contribution in [2.24, 2.45) is 0 Å². The van der Waals surface area contributed by atoms with Crippen LogP contribution in [0.5, 0.6) is 0 Å². The number of fused-ring (bicyclic) bond motifs is 1. The van der Waals surface area contributed by atoms with Crippen LogP contribution in [0.4, 0.5) is 4.39 Å². The third kappa shape index (κ3) is 2.10. The van der Waals surface area contributed by atoms with Gasteiger partial charge in [-0.2, -0.15) is 0 Å². The Hall–Kier alpha value is -1.79. The summed E-state index contributed by atoms with van der Waals surface area (Å²) in [6.45, 7) is 3.22. The summed E-state index contributed by atoms with van der Waals surface area (Å²) in [6.07, 6.45) is 1.24. The van der Waals surface area contributed by atoms with Gasteiger partial charge in [0.15, 0.2) is 0 Å². The quantitative estimate of drug-likeness (QED) is 0.854. The van der Waals surface area contributed by atoms with Crippen LogP contribution in [0.1, 0.15) is 13.0 Å². The first-order chi connectivity index (χ1) is 9.72. The Morgan fingerprint density at radius 3 is 3.15 bits per heavy atom. The van der Waals surface area contributed by atoms with E-state index >= 15 is 0 Å². The van der Waals surface area contributed by atoms with Crippen molar-refractivity contribution in [2.75, 3.05) is 19.8 Å². The molecule has 0 radical (unpaired) electrons. The summed E-state index contributed by atoms with van der Waals surface area (Å²) in [5, 5.41) is 0.0112. The zero-order chi connectivity index (χ0) is 14.1. The summed E-state index contributed by atoms with van der Waals surface area (Å²) >= 11 is 0. The average Bonchev–Trinajstić information content (AvgIpc) is 2.88. The van der Waals surface area contributed by atoms with Crippen molar-refractivity contribution < 1.29 is 13.9 Å². The van der Waals surface area contributed by atoms with E-state index in [4.69, 9.17) is 9.47 Å². The molecule has 3 rings (SSSR count). The highest BCUT2D eigenvalue weighted by Gasteiger charge is 2.31. The molecule has 2 atom stereocenters. The van der Waals surface area contributed by atoms with E-state index in [0.717, 1.165) is 0 Å². The molecule has 0 bridgehead atoms. The predicted octanol–water partition coefficient (Wildman–Crippen LogP) is 1.51. The van der Waals surface area contributed by atoms with Gasteiger partial charge in [0, 0.05) is 6.61 Å². The van der Waals surface area contributed by atoms with E-state index < -0.39 is 11.4 Å². The van der Waals surface area contributed by atoms with Gasteiger partial charge in [-0.05, 0) is 19.1 Å². The minimum Gasteiger partial charge on any atom is -0.376 e. The molecule has 1 aliphatic rings. The van der Waals surface area contributed by atoms with Gasteiger partial charge in [-0.1, -0.05) is 6.07 Å². The largest absolute Gasteiger partial charge is 0.376 e. The number of ether oxygens (including phenoxy) is 2. The van der Waals surface area contributed by atoms with E-state index in [-0.39, 0.29) is 17.5 Å². The molecule has 1 saturated heterocycles. The van der Waals surface area contributed by atoms with E-state index in [9.17, 15) is 9.18 Å². The minimum atomic E-state index is -0.554. The second-order valence-electron chi connectivity index (χ2n) is 4.69. The van der Waals surface area contributed by atoms with Crippen molar-refractivity contribution >= 4 is 10.9 Å². The van der Waals surface area contributed by atoms with Crippen LogP contribution in [0.3, 0.4) is 0 Å². The Morgan fingerprint density at radius 1 is 1.50 bits per heavy atom. The van der Waals surface area contributed by atoms with Crippen molar-refractivity contribution in [2.45, 2.75) is 19.1 Å². The summed E-state index contributed by atoms with van der Waals surface area (Å²) in [7, 11) is 0. The molecule has 0 spiro atoms. The predicted molar refractivity (Wildman–Crippen MR) is 71.2 cm³/mol. The number of benzene rings is 1. The Kier molecular flexibility index (Phi) is 3.50. The molecule has 1 aromatic heterocycles. The van der Waals surface area contributed by atoms with Gasteiger partial charge in [0.05, 0.1) is 31.1 Å². The number of hydrogen-bond acceptors (Lipinski definition) is 4. The number of hydrogen-bond donors (Lipinski definition) is 0. The first-order valence-electron chi connectivity index (χ1n) is 6.57. The molecule has 2 aromatic rings. The third-order valence-corrected chi connectivity index (χ3v) is 3.50. The van der Waals surface area contributed by atoms with Gasteiger partial charge in [0.25, 0.3) is 5.56 Å². The molecule has 0 saturated carbocycles. The molecule has 106 valence electrons. The fourth-order valence-corrected chi connectivity index (χ4v) is 2.53. The van der Waals surface area contributed by atoms with Gasteiger partial charge >= 0.3 is 0 Å². The number of aromatic nitrogens is 2. The van der Waals surface area contributed by atoms with Crippen LogP contribution in [-0.2, 0) is 9.47 Å². The van der Waals surface area contributed by atoms with Crippen LogP contribution >= 0.6 is 0 Å². The maximum absolute atomic E-state index is 13.8.